The third kappa shape index (κ3) is 3.82. The number of aromatic nitrogens is 1. The number of nitrogens with one attached hydrogen (secondary N) is 1. The number of rotatable bonds is 5. The van der Waals surface area contributed by atoms with E-state index in [1.807, 2.05) is 29.6 Å². The lowest BCUT2D eigenvalue weighted by molar-refractivity contribution is -0.121. The average molecular weight is 281 g/mol. The zero-order valence-corrected chi connectivity index (χ0v) is 11.3. The number of nitrogens with zero attached hydrogens (tertiary/aromatic N) is 1. The molecule has 0 spiro atoms. The van der Waals surface area contributed by atoms with Crippen LogP contribution in [0.25, 0.3) is 0 Å². The number of thiazole rings is 1. The second kappa shape index (κ2) is 6.52. The number of carbonyl (C=O) groups excluding carboxylic acids is 1. The molecule has 0 aliphatic carbocycles. The van der Waals surface area contributed by atoms with Crippen molar-refractivity contribution in [1.29, 1.82) is 0 Å². The fourth-order valence-corrected chi connectivity index (χ4v) is 2.34. The summed E-state index contributed by atoms with van der Waals surface area (Å²) in [6.07, 6.45) is 2.89. The molecule has 0 unspecified atom stereocenters. The Labute approximate surface area is 115 Å². The van der Waals surface area contributed by atoms with Crippen LogP contribution in [0.15, 0.2) is 35.8 Å². The van der Waals surface area contributed by atoms with E-state index in [1.54, 1.807) is 17.5 Å². The molecule has 0 saturated carbocycles. The Morgan fingerprint density at radius 3 is 2.94 bits per heavy atom. The molecule has 0 atom stereocenters. The molecule has 0 aliphatic heterocycles. The summed E-state index contributed by atoms with van der Waals surface area (Å²) >= 11 is 7.58. The van der Waals surface area contributed by atoms with Crippen molar-refractivity contribution < 1.29 is 4.79 Å². The van der Waals surface area contributed by atoms with Crippen molar-refractivity contribution >= 4 is 28.8 Å². The molecule has 18 heavy (non-hydrogen) atoms. The van der Waals surface area contributed by atoms with Gasteiger partial charge in [0, 0.05) is 36.0 Å². The van der Waals surface area contributed by atoms with Gasteiger partial charge < -0.3 is 5.32 Å². The number of hydrogen-bond acceptors (Lipinski definition) is 3. The van der Waals surface area contributed by atoms with Crippen molar-refractivity contribution in [1.82, 2.24) is 10.3 Å². The normalized spacial score (nSPS) is 10.3. The highest BCUT2D eigenvalue weighted by molar-refractivity contribution is 7.09. The summed E-state index contributed by atoms with van der Waals surface area (Å²) in [7, 11) is 0. The molecule has 1 heterocycles. The third-order valence-corrected chi connectivity index (χ3v) is 3.69. The minimum absolute atomic E-state index is 0.0186. The quantitative estimate of drug-likeness (QED) is 0.915. The van der Waals surface area contributed by atoms with E-state index in [9.17, 15) is 4.79 Å². The van der Waals surface area contributed by atoms with Crippen molar-refractivity contribution in [3.05, 3.63) is 51.4 Å². The van der Waals surface area contributed by atoms with E-state index in [4.69, 9.17) is 11.6 Å². The van der Waals surface area contributed by atoms with Gasteiger partial charge in [-0.3, -0.25) is 4.79 Å². The predicted molar refractivity (Wildman–Crippen MR) is 73.7 cm³/mol. The highest BCUT2D eigenvalue weighted by atomic mass is 35.5. The summed E-state index contributed by atoms with van der Waals surface area (Å²) < 4.78 is 0. The Kier molecular flexibility index (Phi) is 4.73. The van der Waals surface area contributed by atoms with Crippen LogP contribution >= 0.6 is 22.9 Å². The van der Waals surface area contributed by atoms with Gasteiger partial charge >= 0.3 is 0 Å². The Bertz CT molecular complexity index is 513. The molecule has 0 radical (unpaired) electrons. The Morgan fingerprint density at radius 1 is 1.39 bits per heavy atom. The van der Waals surface area contributed by atoms with E-state index in [0.29, 0.717) is 24.4 Å². The van der Waals surface area contributed by atoms with Crippen LogP contribution in [-0.4, -0.2) is 10.9 Å². The number of benzene rings is 1. The van der Waals surface area contributed by atoms with Crippen LogP contribution in [0.5, 0.6) is 0 Å². The molecule has 1 aromatic heterocycles. The van der Waals surface area contributed by atoms with Crippen LogP contribution in [0, 0.1) is 0 Å². The molecule has 3 nitrogen and oxygen atoms in total. The SMILES string of the molecule is O=C(CCc1nccs1)NCc1ccccc1Cl. The van der Waals surface area contributed by atoms with E-state index in [-0.39, 0.29) is 5.91 Å². The Balaban J connectivity index is 1.77. The second-order valence-corrected chi connectivity index (χ2v) is 5.18. The van der Waals surface area contributed by atoms with Crippen LogP contribution in [-0.2, 0) is 17.8 Å². The lowest BCUT2D eigenvalue weighted by atomic mass is 10.2. The maximum atomic E-state index is 11.6. The van der Waals surface area contributed by atoms with Gasteiger partial charge in [-0.15, -0.1) is 11.3 Å². The van der Waals surface area contributed by atoms with Gasteiger partial charge in [-0.05, 0) is 11.6 Å². The lowest BCUT2D eigenvalue weighted by Crippen LogP contribution is -2.23. The molecule has 5 heteroatoms. The summed E-state index contributed by atoms with van der Waals surface area (Å²) in [6.45, 7) is 0.469. The van der Waals surface area contributed by atoms with Crippen molar-refractivity contribution in [2.75, 3.05) is 0 Å². The van der Waals surface area contributed by atoms with Gasteiger partial charge in [0.05, 0.1) is 5.01 Å². The first-order valence-corrected chi connectivity index (χ1v) is 6.90. The summed E-state index contributed by atoms with van der Waals surface area (Å²) in [5.74, 6) is 0.0186. The average Bonchev–Trinajstić information content (AvgIpc) is 2.88. The van der Waals surface area contributed by atoms with Crippen LogP contribution < -0.4 is 5.32 Å². The minimum Gasteiger partial charge on any atom is -0.352 e. The van der Waals surface area contributed by atoms with Crippen molar-refractivity contribution in [3.63, 3.8) is 0 Å². The van der Waals surface area contributed by atoms with E-state index >= 15 is 0 Å². The molecule has 0 aliphatic rings. The van der Waals surface area contributed by atoms with Crippen molar-refractivity contribution in [2.45, 2.75) is 19.4 Å². The van der Waals surface area contributed by atoms with Crippen LogP contribution in [0.2, 0.25) is 5.02 Å². The lowest BCUT2D eigenvalue weighted by Gasteiger charge is -2.06. The molecule has 0 fully saturated rings. The molecule has 0 saturated heterocycles. The fourth-order valence-electron chi connectivity index (χ4n) is 1.52. The van der Waals surface area contributed by atoms with Crippen molar-refractivity contribution in [3.8, 4) is 0 Å². The third-order valence-electron chi connectivity index (χ3n) is 2.48. The zero-order chi connectivity index (χ0) is 12.8. The number of aryl methyl sites for hydroxylation is 1. The van der Waals surface area contributed by atoms with Gasteiger partial charge in [-0.1, -0.05) is 29.8 Å². The van der Waals surface area contributed by atoms with E-state index in [0.717, 1.165) is 10.6 Å². The standard InChI is InChI=1S/C13H13ClN2OS/c14-11-4-2-1-3-10(11)9-16-12(17)5-6-13-15-7-8-18-13/h1-4,7-8H,5-6,9H2,(H,16,17). The Morgan fingerprint density at radius 2 is 2.22 bits per heavy atom. The molecule has 1 amide bonds. The minimum atomic E-state index is 0.0186. The summed E-state index contributed by atoms with van der Waals surface area (Å²) in [5.41, 5.74) is 0.932. The summed E-state index contributed by atoms with van der Waals surface area (Å²) in [5, 5.41) is 6.44. The summed E-state index contributed by atoms with van der Waals surface area (Å²) in [6, 6.07) is 7.50. The monoisotopic (exact) mass is 280 g/mol. The first-order chi connectivity index (χ1) is 8.75. The summed E-state index contributed by atoms with van der Waals surface area (Å²) in [4.78, 5) is 15.8. The first-order valence-electron chi connectivity index (χ1n) is 5.64. The van der Waals surface area contributed by atoms with Crippen LogP contribution in [0.4, 0.5) is 0 Å². The van der Waals surface area contributed by atoms with Gasteiger partial charge in [0.15, 0.2) is 0 Å². The molecule has 0 bridgehead atoms. The molecule has 94 valence electrons. The topological polar surface area (TPSA) is 42.0 Å². The molecule has 2 aromatic rings. The molecule has 2 rings (SSSR count). The van der Waals surface area contributed by atoms with Crippen LogP contribution in [0.3, 0.4) is 0 Å². The van der Waals surface area contributed by atoms with E-state index in [2.05, 4.69) is 10.3 Å². The Hall–Kier alpha value is -1.39. The number of hydrogen-bond donors (Lipinski definition) is 1. The second-order valence-electron chi connectivity index (χ2n) is 3.79. The van der Waals surface area contributed by atoms with Crippen molar-refractivity contribution in [2.24, 2.45) is 0 Å². The highest BCUT2D eigenvalue weighted by Crippen LogP contribution is 2.14. The largest absolute Gasteiger partial charge is 0.352 e. The molecular formula is C13H13ClN2OS. The maximum absolute atomic E-state index is 11.6. The molecule has 1 aromatic carbocycles. The van der Waals surface area contributed by atoms with Gasteiger partial charge in [0.25, 0.3) is 0 Å². The number of halogens is 1. The van der Waals surface area contributed by atoms with E-state index in [1.165, 1.54) is 0 Å². The first kappa shape index (κ1) is 13.1. The van der Waals surface area contributed by atoms with Gasteiger partial charge in [0.1, 0.15) is 0 Å². The van der Waals surface area contributed by atoms with Crippen LogP contribution in [0.1, 0.15) is 17.0 Å². The fraction of sp³-hybridized carbons (Fsp3) is 0.231. The van der Waals surface area contributed by atoms with Gasteiger partial charge in [-0.25, -0.2) is 4.98 Å². The predicted octanol–water partition coefficient (Wildman–Crippen LogP) is 3.05. The maximum Gasteiger partial charge on any atom is 0.220 e. The molecule has 1 N–H and O–H groups in total. The van der Waals surface area contributed by atoms with Gasteiger partial charge in [-0.2, -0.15) is 0 Å². The highest BCUT2D eigenvalue weighted by Gasteiger charge is 2.05. The van der Waals surface area contributed by atoms with E-state index < -0.39 is 0 Å². The number of carbonyl (C=O) groups is 1. The zero-order valence-electron chi connectivity index (χ0n) is 9.73. The van der Waals surface area contributed by atoms with Gasteiger partial charge in [0.2, 0.25) is 5.91 Å². The smallest absolute Gasteiger partial charge is 0.220 e. The number of amides is 1. The molecular weight excluding hydrogens is 268 g/mol.